The van der Waals surface area contributed by atoms with Gasteiger partial charge in [0.2, 0.25) is 10.0 Å². The van der Waals surface area contributed by atoms with Crippen LogP contribution in [0.4, 0.5) is 0 Å². The maximum absolute atomic E-state index is 12.9. The van der Waals surface area contributed by atoms with E-state index in [0.717, 1.165) is 12.8 Å². The van der Waals surface area contributed by atoms with Crippen molar-refractivity contribution >= 4 is 27.5 Å². The van der Waals surface area contributed by atoms with Gasteiger partial charge in [0.05, 0.1) is 15.5 Å². The minimum absolute atomic E-state index is 0.139. The molecule has 0 aliphatic carbocycles. The maximum atomic E-state index is 12.9. The van der Waals surface area contributed by atoms with Gasteiger partial charge in [-0.2, -0.15) is 4.31 Å². The minimum atomic E-state index is -3.62. The van der Waals surface area contributed by atoms with Crippen LogP contribution in [0.2, 0.25) is 5.02 Å². The van der Waals surface area contributed by atoms with Crippen molar-refractivity contribution < 1.29 is 13.2 Å². The van der Waals surface area contributed by atoms with Gasteiger partial charge in [-0.25, -0.2) is 8.42 Å². The van der Waals surface area contributed by atoms with Crippen LogP contribution in [0.5, 0.6) is 0 Å². The van der Waals surface area contributed by atoms with Gasteiger partial charge in [0.15, 0.2) is 0 Å². The number of likely N-dealkylation sites (tertiary alicyclic amines) is 1. The van der Waals surface area contributed by atoms with E-state index in [-0.39, 0.29) is 16.4 Å². The summed E-state index contributed by atoms with van der Waals surface area (Å²) in [5.74, 6) is 0.265. The van der Waals surface area contributed by atoms with Gasteiger partial charge in [0.1, 0.15) is 0 Å². The SMILES string of the molecule is CC1CCCN(C(=O)c2cc(S(=O)(=O)N3CCN(C)CC3)ccc2Cl)C1. The number of piperazine rings is 1. The van der Waals surface area contributed by atoms with Crippen molar-refractivity contribution in [3.63, 3.8) is 0 Å². The highest BCUT2D eigenvalue weighted by Gasteiger charge is 2.30. The summed E-state index contributed by atoms with van der Waals surface area (Å²) in [7, 11) is -1.65. The normalized spacial score (nSPS) is 23.2. The molecule has 2 aliphatic heterocycles. The summed E-state index contributed by atoms with van der Waals surface area (Å²) < 4.78 is 27.4. The topological polar surface area (TPSA) is 60.9 Å². The first-order valence-electron chi connectivity index (χ1n) is 9.06. The summed E-state index contributed by atoms with van der Waals surface area (Å²) in [4.78, 5) is 16.9. The van der Waals surface area contributed by atoms with Gasteiger partial charge in [-0.3, -0.25) is 4.79 Å². The Labute approximate surface area is 160 Å². The Morgan fingerprint density at radius 2 is 1.85 bits per heavy atom. The van der Waals surface area contributed by atoms with Crippen molar-refractivity contribution in [2.45, 2.75) is 24.7 Å². The second-order valence-corrected chi connectivity index (χ2v) is 9.69. The predicted octanol–water partition coefficient (Wildman–Crippen LogP) is 2.15. The van der Waals surface area contributed by atoms with E-state index >= 15 is 0 Å². The fourth-order valence-corrected chi connectivity index (χ4v) is 5.20. The molecule has 1 unspecified atom stereocenters. The molecule has 3 rings (SSSR count). The molecule has 1 aromatic rings. The Balaban J connectivity index is 1.86. The van der Waals surface area contributed by atoms with Crippen molar-refractivity contribution in [1.82, 2.24) is 14.1 Å². The molecular weight excluding hydrogens is 374 g/mol. The second-order valence-electron chi connectivity index (χ2n) is 7.35. The lowest BCUT2D eigenvalue weighted by Crippen LogP contribution is -2.47. The van der Waals surface area contributed by atoms with Crippen LogP contribution >= 0.6 is 11.6 Å². The van der Waals surface area contributed by atoms with Crippen LogP contribution in [0.3, 0.4) is 0 Å². The van der Waals surface area contributed by atoms with E-state index in [1.54, 1.807) is 4.90 Å². The van der Waals surface area contributed by atoms with Gasteiger partial charge >= 0.3 is 0 Å². The number of sulfonamides is 1. The standard InChI is InChI=1S/C18H26ClN3O3S/c1-14-4-3-7-21(13-14)18(23)16-12-15(5-6-17(16)19)26(24,25)22-10-8-20(2)9-11-22/h5-6,12,14H,3-4,7-11,13H2,1-2H3. The van der Waals surface area contributed by atoms with Crippen molar-refractivity contribution in [3.05, 3.63) is 28.8 Å². The van der Waals surface area contributed by atoms with Crippen LogP contribution < -0.4 is 0 Å². The number of hydrogen-bond donors (Lipinski definition) is 0. The monoisotopic (exact) mass is 399 g/mol. The largest absolute Gasteiger partial charge is 0.338 e. The van der Waals surface area contributed by atoms with E-state index in [9.17, 15) is 13.2 Å². The Hall–Kier alpha value is -1.15. The Bertz CT molecular complexity index is 776. The molecule has 0 aromatic heterocycles. The number of nitrogens with zero attached hydrogens (tertiary/aromatic N) is 3. The molecule has 0 saturated carbocycles. The van der Waals surface area contributed by atoms with Crippen LogP contribution in [0.25, 0.3) is 0 Å². The van der Waals surface area contributed by atoms with Crippen LogP contribution in [0.15, 0.2) is 23.1 Å². The van der Waals surface area contributed by atoms with Crippen molar-refractivity contribution in [2.75, 3.05) is 46.3 Å². The van der Waals surface area contributed by atoms with Gasteiger partial charge < -0.3 is 9.80 Å². The van der Waals surface area contributed by atoms with Crippen LogP contribution in [0.1, 0.15) is 30.1 Å². The minimum Gasteiger partial charge on any atom is -0.338 e. The molecule has 26 heavy (non-hydrogen) atoms. The van der Waals surface area contributed by atoms with Gasteiger partial charge in [-0.1, -0.05) is 18.5 Å². The summed E-state index contributed by atoms with van der Waals surface area (Å²) in [5.41, 5.74) is 0.274. The highest BCUT2D eigenvalue weighted by atomic mass is 35.5. The molecule has 1 atom stereocenters. The molecule has 144 valence electrons. The first-order chi connectivity index (χ1) is 12.3. The lowest BCUT2D eigenvalue weighted by Gasteiger charge is -2.32. The number of piperidine rings is 1. The number of benzene rings is 1. The molecule has 0 N–H and O–H groups in total. The van der Waals surface area contributed by atoms with E-state index in [2.05, 4.69) is 11.8 Å². The van der Waals surface area contributed by atoms with E-state index in [4.69, 9.17) is 11.6 Å². The molecule has 0 spiro atoms. The second kappa shape index (κ2) is 7.84. The summed E-state index contributed by atoms with van der Waals surface area (Å²) in [6.45, 7) is 5.80. The van der Waals surface area contributed by atoms with Crippen molar-refractivity contribution in [2.24, 2.45) is 5.92 Å². The lowest BCUT2D eigenvalue weighted by atomic mass is 9.99. The first kappa shape index (κ1) is 19.6. The number of amides is 1. The van der Waals surface area contributed by atoms with Crippen molar-refractivity contribution in [1.29, 1.82) is 0 Å². The Morgan fingerprint density at radius 1 is 1.15 bits per heavy atom. The molecule has 6 nitrogen and oxygen atoms in total. The molecule has 8 heteroatoms. The maximum Gasteiger partial charge on any atom is 0.255 e. The average Bonchev–Trinajstić information content (AvgIpc) is 2.62. The quantitative estimate of drug-likeness (QED) is 0.781. The Morgan fingerprint density at radius 3 is 2.50 bits per heavy atom. The fourth-order valence-electron chi connectivity index (χ4n) is 3.55. The third-order valence-corrected chi connectivity index (χ3v) is 7.44. The predicted molar refractivity (Wildman–Crippen MR) is 102 cm³/mol. The molecule has 1 aromatic carbocycles. The Kier molecular flexibility index (Phi) is 5.91. The zero-order chi connectivity index (χ0) is 18.9. The van der Waals surface area contributed by atoms with Gasteiger partial charge in [0, 0.05) is 39.3 Å². The van der Waals surface area contributed by atoms with Gasteiger partial charge in [-0.05, 0) is 44.0 Å². The number of halogens is 1. The number of likely N-dealkylation sites (N-methyl/N-ethyl adjacent to an activating group) is 1. The lowest BCUT2D eigenvalue weighted by molar-refractivity contribution is 0.0683. The molecule has 2 saturated heterocycles. The molecule has 2 heterocycles. The third kappa shape index (κ3) is 4.06. The molecule has 2 fully saturated rings. The fraction of sp³-hybridized carbons (Fsp3) is 0.611. The molecule has 0 radical (unpaired) electrons. The van der Waals surface area contributed by atoms with E-state index in [0.29, 0.717) is 50.2 Å². The van der Waals surface area contributed by atoms with E-state index in [1.807, 2.05) is 7.05 Å². The first-order valence-corrected chi connectivity index (χ1v) is 10.9. The average molecular weight is 400 g/mol. The molecule has 2 aliphatic rings. The summed E-state index contributed by atoms with van der Waals surface area (Å²) >= 11 is 6.24. The van der Waals surface area contributed by atoms with E-state index in [1.165, 1.54) is 22.5 Å². The summed E-state index contributed by atoms with van der Waals surface area (Å²) in [6.07, 6.45) is 2.07. The number of carbonyl (C=O) groups is 1. The van der Waals surface area contributed by atoms with Crippen LogP contribution in [0, 0.1) is 5.92 Å². The van der Waals surface area contributed by atoms with Crippen LogP contribution in [-0.4, -0.2) is 74.7 Å². The van der Waals surface area contributed by atoms with E-state index < -0.39 is 10.0 Å². The third-order valence-electron chi connectivity index (χ3n) is 5.21. The van der Waals surface area contributed by atoms with Gasteiger partial charge in [-0.15, -0.1) is 0 Å². The number of rotatable bonds is 3. The molecule has 0 bridgehead atoms. The zero-order valence-corrected chi connectivity index (χ0v) is 16.9. The smallest absolute Gasteiger partial charge is 0.255 e. The number of hydrogen-bond acceptors (Lipinski definition) is 4. The van der Waals surface area contributed by atoms with Gasteiger partial charge in [0.25, 0.3) is 5.91 Å². The van der Waals surface area contributed by atoms with Crippen LogP contribution in [-0.2, 0) is 10.0 Å². The summed E-state index contributed by atoms with van der Waals surface area (Å²) in [6, 6.07) is 4.45. The molecular formula is C18H26ClN3O3S. The highest BCUT2D eigenvalue weighted by Crippen LogP contribution is 2.26. The summed E-state index contributed by atoms with van der Waals surface area (Å²) in [5, 5.41) is 0.297. The van der Waals surface area contributed by atoms with Crippen molar-refractivity contribution in [3.8, 4) is 0 Å². The zero-order valence-electron chi connectivity index (χ0n) is 15.3. The number of carbonyl (C=O) groups excluding carboxylic acids is 1. The highest BCUT2D eigenvalue weighted by molar-refractivity contribution is 7.89. The molecule has 1 amide bonds.